The van der Waals surface area contributed by atoms with E-state index < -0.39 is 0 Å². The maximum absolute atomic E-state index is 6.57. The fourth-order valence-corrected chi connectivity index (χ4v) is 5.89. The van der Waals surface area contributed by atoms with E-state index in [1.807, 2.05) is 36.4 Å². The Labute approximate surface area is 208 Å². The van der Waals surface area contributed by atoms with Gasteiger partial charge in [0, 0.05) is 33.9 Å². The minimum atomic E-state index is 0.0307. The van der Waals surface area contributed by atoms with Gasteiger partial charge in [0.15, 0.2) is 17.5 Å². The quantitative estimate of drug-likeness (QED) is 0.249. The molecule has 8 rings (SSSR count). The maximum atomic E-state index is 6.57. The first kappa shape index (κ1) is 19.8. The minimum absolute atomic E-state index is 0.0307. The standard InChI is InChI=1S/C31H21BNO3/c1-18-16-28-21(17-20(18)24-9-5-6-15-33(24)2)19-13-14-23-31(30(19)36-28)35-27-12-7-11-26-29(27)32(23)22-8-3-4-10-25(22)34-26/h3-17H,1-2H3/q+1. The number of furan rings is 1. The SMILES string of the molecule is Cc1cc2oc3c4c(ccc3c2cc1-c1cccc[n+]1C)B1c2ccccc2Oc2cccc(c21)O4. The van der Waals surface area contributed by atoms with Gasteiger partial charge in [-0.1, -0.05) is 36.4 Å². The van der Waals surface area contributed by atoms with Gasteiger partial charge < -0.3 is 13.9 Å². The van der Waals surface area contributed by atoms with Crippen molar-refractivity contribution >= 4 is 45.0 Å². The van der Waals surface area contributed by atoms with E-state index in [4.69, 9.17) is 13.9 Å². The predicted molar refractivity (Wildman–Crippen MR) is 143 cm³/mol. The second-order valence-electron chi connectivity index (χ2n) is 9.67. The highest BCUT2D eigenvalue weighted by atomic mass is 16.5. The van der Waals surface area contributed by atoms with Crippen LogP contribution in [0.3, 0.4) is 0 Å². The largest absolute Gasteiger partial charge is 0.458 e. The van der Waals surface area contributed by atoms with Crippen molar-refractivity contribution in [2.75, 3.05) is 0 Å². The Bertz CT molecular complexity index is 1890. The molecule has 0 aliphatic carbocycles. The number of aryl methyl sites for hydroxylation is 2. The molecular weight excluding hydrogens is 445 g/mol. The van der Waals surface area contributed by atoms with E-state index in [0.717, 1.165) is 61.3 Å². The molecular formula is C31H21BNO3+. The molecule has 4 heterocycles. The van der Waals surface area contributed by atoms with Crippen LogP contribution in [0, 0.1) is 6.92 Å². The summed E-state index contributed by atoms with van der Waals surface area (Å²) in [5.74, 6) is 3.35. The first-order chi connectivity index (χ1) is 17.7. The molecule has 0 atom stereocenters. The third-order valence-electron chi connectivity index (χ3n) is 7.59. The van der Waals surface area contributed by atoms with E-state index in [0.29, 0.717) is 0 Å². The summed E-state index contributed by atoms with van der Waals surface area (Å²) in [6.07, 6.45) is 2.08. The van der Waals surface area contributed by atoms with Crippen LogP contribution in [0.1, 0.15) is 5.56 Å². The van der Waals surface area contributed by atoms with Crippen LogP contribution in [0.4, 0.5) is 0 Å². The summed E-state index contributed by atoms with van der Waals surface area (Å²) in [4.78, 5) is 0. The number of para-hydroxylation sites is 1. The van der Waals surface area contributed by atoms with Crippen molar-refractivity contribution in [3.05, 3.63) is 96.7 Å². The molecule has 2 aliphatic heterocycles. The molecule has 170 valence electrons. The third kappa shape index (κ3) is 2.57. The average molecular weight is 466 g/mol. The first-order valence-corrected chi connectivity index (χ1v) is 12.2. The van der Waals surface area contributed by atoms with Crippen molar-refractivity contribution in [3.8, 4) is 34.3 Å². The zero-order chi connectivity index (χ0) is 24.0. The van der Waals surface area contributed by atoms with E-state index in [2.05, 4.69) is 73.3 Å². The molecule has 0 radical (unpaired) electrons. The lowest BCUT2D eigenvalue weighted by Crippen LogP contribution is -2.57. The summed E-state index contributed by atoms with van der Waals surface area (Å²) in [5.41, 5.74) is 8.52. The van der Waals surface area contributed by atoms with Gasteiger partial charge in [-0.15, -0.1) is 0 Å². The highest BCUT2D eigenvalue weighted by Gasteiger charge is 2.41. The average Bonchev–Trinajstić information content (AvgIpc) is 3.26. The number of pyridine rings is 1. The van der Waals surface area contributed by atoms with Crippen LogP contribution in [0.15, 0.2) is 95.5 Å². The summed E-state index contributed by atoms with van der Waals surface area (Å²) >= 11 is 0. The van der Waals surface area contributed by atoms with E-state index >= 15 is 0 Å². The Kier molecular flexibility index (Phi) is 3.85. The molecule has 4 nitrogen and oxygen atoms in total. The number of ether oxygens (including phenoxy) is 2. The number of hydrogen-bond donors (Lipinski definition) is 0. The molecule has 0 fully saturated rings. The van der Waals surface area contributed by atoms with Gasteiger partial charge in [-0.2, -0.15) is 0 Å². The molecule has 0 spiro atoms. The molecule has 0 bridgehead atoms. The molecule has 2 aromatic heterocycles. The number of aromatic nitrogens is 1. The van der Waals surface area contributed by atoms with Crippen LogP contribution in [-0.4, -0.2) is 6.71 Å². The Balaban J connectivity index is 1.40. The Morgan fingerprint density at radius 2 is 1.53 bits per heavy atom. The number of fused-ring (bicyclic) bond motifs is 8. The maximum Gasteiger partial charge on any atom is 0.260 e. The fraction of sp³-hybridized carbons (Fsp3) is 0.0645. The smallest absolute Gasteiger partial charge is 0.260 e. The highest BCUT2D eigenvalue weighted by Crippen LogP contribution is 2.41. The molecule has 0 unspecified atom stereocenters. The molecule has 0 N–H and O–H groups in total. The number of nitrogens with zero attached hydrogens (tertiary/aromatic N) is 1. The Morgan fingerprint density at radius 1 is 0.722 bits per heavy atom. The van der Waals surface area contributed by atoms with Crippen LogP contribution in [0.25, 0.3) is 33.2 Å². The van der Waals surface area contributed by atoms with Gasteiger partial charge in [0.25, 0.3) is 6.71 Å². The molecule has 0 amide bonds. The summed E-state index contributed by atoms with van der Waals surface area (Å²) in [7, 11) is 2.08. The minimum Gasteiger partial charge on any atom is -0.458 e. The molecule has 4 aromatic carbocycles. The highest BCUT2D eigenvalue weighted by molar-refractivity contribution is 6.98. The van der Waals surface area contributed by atoms with Crippen molar-refractivity contribution in [1.82, 2.24) is 0 Å². The molecule has 36 heavy (non-hydrogen) atoms. The second kappa shape index (κ2) is 7.02. The number of rotatable bonds is 1. The van der Waals surface area contributed by atoms with E-state index in [1.165, 1.54) is 16.8 Å². The lowest BCUT2D eigenvalue weighted by molar-refractivity contribution is -0.660. The van der Waals surface area contributed by atoms with Crippen molar-refractivity contribution in [2.24, 2.45) is 7.05 Å². The van der Waals surface area contributed by atoms with Crippen molar-refractivity contribution < 1.29 is 18.5 Å². The van der Waals surface area contributed by atoms with Crippen LogP contribution in [-0.2, 0) is 7.05 Å². The fourth-order valence-electron chi connectivity index (χ4n) is 5.89. The molecule has 2 aliphatic rings. The van der Waals surface area contributed by atoms with Gasteiger partial charge in [0.1, 0.15) is 29.9 Å². The summed E-state index contributed by atoms with van der Waals surface area (Å²) in [5, 5.41) is 2.15. The molecule has 5 heteroatoms. The second-order valence-corrected chi connectivity index (χ2v) is 9.67. The summed E-state index contributed by atoms with van der Waals surface area (Å²) in [6, 6.07) is 29.3. The molecule has 6 aromatic rings. The van der Waals surface area contributed by atoms with Crippen molar-refractivity contribution in [2.45, 2.75) is 6.92 Å². The predicted octanol–water partition coefficient (Wildman–Crippen LogP) is 5.11. The van der Waals surface area contributed by atoms with Crippen molar-refractivity contribution in [1.29, 1.82) is 0 Å². The van der Waals surface area contributed by atoms with Crippen LogP contribution < -0.4 is 30.4 Å². The lowest BCUT2D eigenvalue weighted by Gasteiger charge is -2.32. The third-order valence-corrected chi connectivity index (χ3v) is 7.59. The van der Waals surface area contributed by atoms with Gasteiger partial charge in [-0.3, -0.25) is 0 Å². The zero-order valence-electron chi connectivity index (χ0n) is 19.9. The van der Waals surface area contributed by atoms with Gasteiger partial charge in [-0.05, 0) is 59.8 Å². The van der Waals surface area contributed by atoms with Gasteiger partial charge in [-0.25, -0.2) is 4.57 Å². The zero-order valence-corrected chi connectivity index (χ0v) is 19.9. The van der Waals surface area contributed by atoms with Gasteiger partial charge in [0.05, 0.1) is 0 Å². The molecule has 0 saturated carbocycles. The number of hydrogen-bond acceptors (Lipinski definition) is 3. The van der Waals surface area contributed by atoms with Gasteiger partial charge in [0.2, 0.25) is 5.69 Å². The van der Waals surface area contributed by atoms with Crippen LogP contribution >= 0.6 is 0 Å². The summed E-state index contributed by atoms with van der Waals surface area (Å²) in [6.45, 7) is 2.17. The van der Waals surface area contributed by atoms with E-state index in [-0.39, 0.29) is 6.71 Å². The monoisotopic (exact) mass is 466 g/mol. The van der Waals surface area contributed by atoms with Crippen molar-refractivity contribution in [3.63, 3.8) is 0 Å². The Hall–Kier alpha value is -4.51. The normalized spacial score (nSPS) is 13.1. The van der Waals surface area contributed by atoms with E-state index in [9.17, 15) is 0 Å². The topological polar surface area (TPSA) is 35.5 Å². The van der Waals surface area contributed by atoms with Gasteiger partial charge >= 0.3 is 0 Å². The Morgan fingerprint density at radius 3 is 2.42 bits per heavy atom. The first-order valence-electron chi connectivity index (χ1n) is 12.2. The van der Waals surface area contributed by atoms with E-state index in [1.54, 1.807) is 0 Å². The van der Waals surface area contributed by atoms with Crippen LogP contribution in [0.5, 0.6) is 23.0 Å². The summed E-state index contributed by atoms with van der Waals surface area (Å²) < 4.78 is 21.5. The lowest BCUT2D eigenvalue weighted by atomic mass is 9.35. The number of benzene rings is 4. The van der Waals surface area contributed by atoms with Crippen LogP contribution in [0.2, 0.25) is 0 Å². The molecule has 0 saturated heterocycles.